The van der Waals surface area contributed by atoms with Crippen LogP contribution in [0.3, 0.4) is 0 Å². The molecule has 1 unspecified atom stereocenters. The van der Waals surface area contributed by atoms with Gasteiger partial charge in [0.25, 0.3) is 0 Å². The molecule has 0 bridgehead atoms. The predicted octanol–water partition coefficient (Wildman–Crippen LogP) is 1.77. The summed E-state index contributed by atoms with van der Waals surface area (Å²) in [6.07, 6.45) is 0. The van der Waals surface area contributed by atoms with Crippen LogP contribution in [0.5, 0.6) is 11.5 Å². The Morgan fingerprint density at radius 2 is 2.00 bits per heavy atom. The molecular formula is C13H16N2O2. The number of nitriles is 1. The van der Waals surface area contributed by atoms with Gasteiger partial charge in [0, 0.05) is 6.54 Å². The van der Waals surface area contributed by atoms with E-state index in [-0.39, 0.29) is 6.04 Å². The summed E-state index contributed by atoms with van der Waals surface area (Å²) in [5, 5.41) is 11.9. The van der Waals surface area contributed by atoms with E-state index in [0.29, 0.717) is 19.8 Å². The van der Waals surface area contributed by atoms with Gasteiger partial charge in [-0.25, -0.2) is 0 Å². The van der Waals surface area contributed by atoms with Crippen LogP contribution < -0.4 is 14.8 Å². The summed E-state index contributed by atoms with van der Waals surface area (Å²) in [5.41, 5.74) is 2.28. The summed E-state index contributed by atoms with van der Waals surface area (Å²) < 4.78 is 11.0. The molecule has 0 saturated carbocycles. The molecular weight excluding hydrogens is 216 g/mol. The number of nitrogens with one attached hydrogen (secondary N) is 1. The first-order chi connectivity index (χ1) is 8.20. The van der Waals surface area contributed by atoms with Gasteiger partial charge >= 0.3 is 0 Å². The molecule has 0 aliphatic carbocycles. The van der Waals surface area contributed by atoms with Crippen LogP contribution in [0, 0.1) is 18.3 Å². The molecule has 0 radical (unpaired) electrons. The molecule has 0 spiro atoms. The normalized spacial score (nSPS) is 15.1. The van der Waals surface area contributed by atoms with Crippen molar-refractivity contribution in [2.45, 2.75) is 26.4 Å². The fourth-order valence-corrected chi connectivity index (χ4v) is 1.73. The zero-order valence-corrected chi connectivity index (χ0v) is 10.1. The molecule has 4 heteroatoms. The lowest BCUT2D eigenvalue weighted by Gasteiger charge is -2.20. The second-order valence-electron chi connectivity index (χ2n) is 4.15. The summed E-state index contributed by atoms with van der Waals surface area (Å²) in [6, 6.07) is 5.98. The van der Waals surface area contributed by atoms with Gasteiger partial charge in [-0.15, -0.1) is 0 Å². The molecule has 1 aromatic carbocycles. The molecule has 4 nitrogen and oxygen atoms in total. The fourth-order valence-electron chi connectivity index (χ4n) is 1.73. The zero-order chi connectivity index (χ0) is 12.3. The van der Waals surface area contributed by atoms with Crippen LogP contribution in [0.4, 0.5) is 0 Å². The summed E-state index contributed by atoms with van der Waals surface area (Å²) in [4.78, 5) is 0. The molecule has 0 amide bonds. The number of ether oxygens (including phenoxy) is 2. The van der Waals surface area contributed by atoms with Crippen LogP contribution in [0.15, 0.2) is 12.1 Å². The lowest BCUT2D eigenvalue weighted by molar-refractivity contribution is 0.171. The minimum Gasteiger partial charge on any atom is -0.486 e. The van der Waals surface area contributed by atoms with Crippen LogP contribution in [-0.2, 0) is 6.54 Å². The first-order valence-electron chi connectivity index (χ1n) is 5.73. The van der Waals surface area contributed by atoms with E-state index in [2.05, 4.69) is 11.4 Å². The number of hydrogen-bond donors (Lipinski definition) is 1. The van der Waals surface area contributed by atoms with Gasteiger partial charge in [-0.05, 0) is 37.1 Å². The molecule has 17 heavy (non-hydrogen) atoms. The molecule has 0 aromatic heterocycles. The largest absolute Gasteiger partial charge is 0.486 e. The van der Waals surface area contributed by atoms with E-state index < -0.39 is 0 Å². The maximum atomic E-state index is 8.72. The zero-order valence-electron chi connectivity index (χ0n) is 10.1. The van der Waals surface area contributed by atoms with Gasteiger partial charge in [0.2, 0.25) is 0 Å². The molecule has 1 aromatic rings. The molecule has 1 aliphatic heterocycles. The van der Waals surface area contributed by atoms with E-state index in [0.717, 1.165) is 22.6 Å². The SMILES string of the molecule is Cc1cc2c(cc1CNC(C)C#N)OCCO2. The van der Waals surface area contributed by atoms with Crippen molar-refractivity contribution < 1.29 is 9.47 Å². The number of aryl methyl sites for hydroxylation is 1. The number of fused-ring (bicyclic) bond motifs is 1. The van der Waals surface area contributed by atoms with Gasteiger partial charge in [-0.2, -0.15) is 5.26 Å². The van der Waals surface area contributed by atoms with E-state index >= 15 is 0 Å². The fraction of sp³-hybridized carbons (Fsp3) is 0.462. The lowest BCUT2D eigenvalue weighted by Crippen LogP contribution is -2.24. The average molecular weight is 232 g/mol. The molecule has 1 N–H and O–H groups in total. The Morgan fingerprint density at radius 3 is 2.65 bits per heavy atom. The third-order valence-electron chi connectivity index (χ3n) is 2.79. The van der Waals surface area contributed by atoms with Crippen LogP contribution in [0.25, 0.3) is 0 Å². The van der Waals surface area contributed by atoms with E-state index in [4.69, 9.17) is 14.7 Å². The molecule has 1 aliphatic rings. The van der Waals surface area contributed by atoms with Crippen molar-refractivity contribution in [1.29, 1.82) is 5.26 Å². The Hall–Kier alpha value is -1.73. The van der Waals surface area contributed by atoms with Gasteiger partial charge in [-0.3, -0.25) is 5.32 Å². The average Bonchev–Trinajstić information content (AvgIpc) is 2.35. The quantitative estimate of drug-likeness (QED) is 0.863. The van der Waals surface area contributed by atoms with Gasteiger partial charge in [0.05, 0.1) is 12.1 Å². The molecule has 0 saturated heterocycles. The molecule has 1 heterocycles. The maximum absolute atomic E-state index is 8.72. The number of nitrogens with zero attached hydrogens (tertiary/aromatic N) is 1. The highest BCUT2D eigenvalue weighted by Gasteiger charge is 2.14. The minimum atomic E-state index is -0.150. The second-order valence-corrected chi connectivity index (χ2v) is 4.15. The van der Waals surface area contributed by atoms with E-state index in [1.807, 2.05) is 26.0 Å². The third kappa shape index (κ3) is 2.69. The van der Waals surface area contributed by atoms with Crippen molar-refractivity contribution in [2.24, 2.45) is 0 Å². The predicted molar refractivity (Wildman–Crippen MR) is 64.1 cm³/mol. The van der Waals surface area contributed by atoms with Gasteiger partial charge in [-0.1, -0.05) is 0 Å². The van der Waals surface area contributed by atoms with Gasteiger partial charge in [0.1, 0.15) is 13.2 Å². The first kappa shape index (κ1) is 11.7. The highest BCUT2D eigenvalue weighted by molar-refractivity contribution is 5.47. The van der Waals surface area contributed by atoms with Crippen LogP contribution in [-0.4, -0.2) is 19.3 Å². The Labute approximate surface area is 101 Å². The summed E-state index contributed by atoms with van der Waals surface area (Å²) >= 11 is 0. The van der Waals surface area contributed by atoms with Crippen molar-refractivity contribution >= 4 is 0 Å². The second kappa shape index (κ2) is 5.07. The standard InChI is InChI=1S/C13H16N2O2/c1-9-5-12-13(17-4-3-16-12)6-11(9)8-15-10(2)7-14/h5-6,10,15H,3-4,8H2,1-2H3. The van der Waals surface area contributed by atoms with Crippen molar-refractivity contribution in [1.82, 2.24) is 5.32 Å². The number of benzene rings is 1. The van der Waals surface area contributed by atoms with Gasteiger partial charge < -0.3 is 9.47 Å². The highest BCUT2D eigenvalue weighted by atomic mass is 16.6. The molecule has 2 rings (SSSR count). The first-order valence-corrected chi connectivity index (χ1v) is 5.73. The Morgan fingerprint density at radius 1 is 1.35 bits per heavy atom. The molecule has 0 fully saturated rings. The molecule has 90 valence electrons. The smallest absolute Gasteiger partial charge is 0.161 e. The maximum Gasteiger partial charge on any atom is 0.161 e. The Balaban J connectivity index is 2.15. The monoisotopic (exact) mass is 232 g/mol. The van der Waals surface area contributed by atoms with E-state index in [9.17, 15) is 0 Å². The number of hydrogen-bond acceptors (Lipinski definition) is 4. The van der Waals surface area contributed by atoms with Crippen molar-refractivity contribution in [2.75, 3.05) is 13.2 Å². The topological polar surface area (TPSA) is 54.3 Å². The van der Waals surface area contributed by atoms with E-state index in [1.54, 1.807) is 0 Å². The highest BCUT2D eigenvalue weighted by Crippen LogP contribution is 2.32. The van der Waals surface area contributed by atoms with Crippen LogP contribution in [0.2, 0.25) is 0 Å². The van der Waals surface area contributed by atoms with Crippen molar-refractivity contribution in [3.8, 4) is 17.6 Å². The Bertz CT molecular complexity index is 451. The number of rotatable bonds is 3. The minimum absolute atomic E-state index is 0.150. The Kier molecular flexibility index (Phi) is 3.50. The third-order valence-corrected chi connectivity index (χ3v) is 2.79. The van der Waals surface area contributed by atoms with Crippen molar-refractivity contribution in [3.63, 3.8) is 0 Å². The van der Waals surface area contributed by atoms with Crippen molar-refractivity contribution in [3.05, 3.63) is 23.3 Å². The van der Waals surface area contributed by atoms with Crippen LogP contribution in [0.1, 0.15) is 18.1 Å². The summed E-state index contributed by atoms with van der Waals surface area (Å²) in [7, 11) is 0. The summed E-state index contributed by atoms with van der Waals surface area (Å²) in [5.74, 6) is 1.61. The van der Waals surface area contributed by atoms with Gasteiger partial charge in [0.15, 0.2) is 11.5 Å². The summed E-state index contributed by atoms with van der Waals surface area (Å²) in [6.45, 7) is 5.74. The lowest BCUT2D eigenvalue weighted by atomic mass is 10.1. The van der Waals surface area contributed by atoms with E-state index in [1.165, 1.54) is 0 Å². The molecule has 1 atom stereocenters. The van der Waals surface area contributed by atoms with Crippen LogP contribution >= 0.6 is 0 Å².